The van der Waals surface area contributed by atoms with E-state index in [4.69, 9.17) is 16.9 Å². The Labute approximate surface area is 297 Å². The van der Waals surface area contributed by atoms with Gasteiger partial charge in [0.05, 0.1) is 33.2 Å². The number of hydrogen-bond donors (Lipinski definition) is 2. The summed E-state index contributed by atoms with van der Waals surface area (Å²) in [6.07, 6.45) is 7.71. The van der Waals surface area contributed by atoms with E-state index in [1.165, 1.54) is 67.0 Å². The van der Waals surface area contributed by atoms with Crippen LogP contribution in [-0.4, -0.2) is 59.2 Å². The van der Waals surface area contributed by atoms with Crippen LogP contribution >= 0.6 is 11.6 Å². The molecule has 2 heterocycles. The lowest BCUT2D eigenvalue weighted by Gasteiger charge is -2.24. The van der Waals surface area contributed by atoms with E-state index < -0.39 is 43.7 Å². The second-order valence-electron chi connectivity index (χ2n) is 13.0. The number of anilines is 1. The summed E-state index contributed by atoms with van der Waals surface area (Å²) in [6.45, 7) is 4.66. The van der Waals surface area contributed by atoms with Crippen molar-refractivity contribution in [3.63, 3.8) is 0 Å². The largest absolute Gasteiger partial charge is 0.480 e. The van der Waals surface area contributed by atoms with E-state index in [1.807, 2.05) is 0 Å². The highest BCUT2D eigenvalue weighted by Gasteiger charge is 2.47. The van der Waals surface area contributed by atoms with E-state index in [1.54, 1.807) is 37.3 Å². The Morgan fingerprint density at radius 3 is 2.26 bits per heavy atom. The van der Waals surface area contributed by atoms with Gasteiger partial charge in [-0.05, 0) is 75.5 Å². The van der Waals surface area contributed by atoms with Gasteiger partial charge in [-0.2, -0.15) is 23.5 Å². The molecule has 0 unspecified atom stereocenters. The summed E-state index contributed by atoms with van der Waals surface area (Å²) in [4.78, 5) is 12.6. The second-order valence-corrected chi connectivity index (χ2v) is 15.7. The Kier molecular flexibility index (Phi) is 13.4. The molecule has 272 valence electrons. The zero-order valence-electron chi connectivity index (χ0n) is 28.4. The number of halogens is 4. The van der Waals surface area contributed by atoms with Crippen LogP contribution in [0.5, 0.6) is 0 Å². The van der Waals surface area contributed by atoms with Crippen LogP contribution in [0.15, 0.2) is 59.5 Å². The van der Waals surface area contributed by atoms with Crippen LogP contribution in [0.2, 0.25) is 5.02 Å². The molecular formula is C36H45ClF3N5O4S. The summed E-state index contributed by atoms with van der Waals surface area (Å²) in [5, 5.41) is 25.6. The first-order valence-electron chi connectivity index (χ1n) is 17.1. The fourth-order valence-corrected chi connectivity index (χ4v) is 8.18. The number of nitrogens with one attached hydrogen (secondary N) is 1. The summed E-state index contributed by atoms with van der Waals surface area (Å²) in [7, 11) is -4.51. The van der Waals surface area contributed by atoms with Gasteiger partial charge < -0.3 is 10.0 Å². The van der Waals surface area contributed by atoms with Gasteiger partial charge in [0.2, 0.25) is 0 Å². The third kappa shape index (κ3) is 10.0. The number of aliphatic carboxylic acids is 1. The highest BCUT2D eigenvalue weighted by atomic mass is 35.5. The van der Waals surface area contributed by atoms with Crippen molar-refractivity contribution in [1.82, 2.24) is 15.1 Å². The highest BCUT2D eigenvalue weighted by molar-refractivity contribution is 7.92. The smallest absolute Gasteiger partial charge is 0.417 e. The molecule has 2 N–H and O–H groups in total. The standard InChI is InChI=1S/C22H19ClF3N3O4S.C14H26N2/c1-13-10-20(29(27-13)15-8-6-14(23)7-9-15)28-12-16(11-18(28)21(30)31)34(32,33)19-5-3-2-4-17(19)22(24,25)26;1-2-3-4-5-6-7-8-9-12-16-14(13-15)10-11-14/h2-10,16,18H,11-12H2,1H3,(H,30,31);16H,2-12H2,1H3/t16-,18+;/m1./s1. The molecule has 1 aliphatic heterocycles. The molecule has 2 atom stereocenters. The van der Waals surface area contributed by atoms with Crippen molar-refractivity contribution in [2.75, 3.05) is 18.0 Å². The minimum atomic E-state index is -4.88. The number of nitrogens with zero attached hydrogens (tertiary/aromatic N) is 4. The molecule has 9 nitrogen and oxygen atoms in total. The van der Waals surface area contributed by atoms with Gasteiger partial charge in [-0.3, -0.25) is 5.32 Å². The molecule has 14 heteroatoms. The van der Waals surface area contributed by atoms with Crippen LogP contribution in [0, 0.1) is 18.3 Å². The number of nitriles is 1. The number of hydrogen-bond acceptors (Lipinski definition) is 7. The van der Waals surface area contributed by atoms with Crippen molar-refractivity contribution in [3.8, 4) is 11.8 Å². The molecule has 0 amide bonds. The predicted octanol–water partition coefficient (Wildman–Crippen LogP) is 8.13. The van der Waals surface area contributed by atoms with Gasteiger partial charge in [0.15, 0.2) is 9.84 Å². The average Bonchev–Trinajstić information content (AvgIpc) is 3.53. The molecule has 1 aliphatic carbocycles. The molecule has 50 heavy (non-hydrogen) atoms. The highest BCUT2D eigenvalue weighted by Crippen LogP contribution is 2.39. The SMILES string of the molecule is CCCCCCCCCCNC1(C#N)CC1.Cc1cc(N2C[C@H](S(=O)(=O)c3ccccc3C(F)(F)F)C[C@H]2C(=O)O)n(-c2ccc(Cl)cc2)n1. The molecule has 0 radical (unpaired) electrons. The minimum absolute atomic E-state index is 0.110. The fraction of sp³-hybridized carbons (Fsp3) is 0.528. The maximum Gasteiger partial charge on any atom is 0.417 e. The van der Waals surface area contributed by atoms with Gasteiger partial charge >= 0.3 is 12.1 Å². The third-order valence-corrected chi connectivity index (χ3v) is 11.6. The molecule has 1 aromatic heterocycles. The minimum Gasteiger partial charge on any atom is -0.480 e. The van der Waals surface area contributed by atoms with Crippen molar-refractivity contribution in [1.29, 1.82) is 5.26 Å². The summed E-state index contributed by atoms with van der Waals surface area (Å²) in [5.41, 5.74) is -0.281. The van der Waals surface area contributed by atoms with Gasteiger partial charge in [0, 0.05) is 17.6 Å². The van der Waals surface area contributed by atoms with Crippen molar-refractivity contribution in [2.45, 2.75) is 112 Å². The van der Waals surface area contributed by atoms with E-state index in [0.717, 1.165) is 31.5 Å². The zero-order chi connectivity index (χ0) is 36.5. The number of rotatable bonds is 15. The number of carbonyl (C=O) groups is 1. The van der Waals surface area contributed by atoms with Crippen molar-refractivity contribution in [3.05, 3.63) is 70.9 Å². The van der Waals surface area contributed by atoms with Crippen LogP contribution in [-0.2, 0) is 20.8 Å². The van der Waals surface area contributed by atoms with E-state index in [-0.39, 0.29) is 18.5 Å². The normalized spacial score (nSPS) is 18.3. The molecular weight excluding hydrogens is 691 g/mol. The number of sulfone groups is 1. The van der Waals surface area contributed by atoms with Crippen molar-refractivity contribution >= 4 is 33.2 Å². The molecule has 3 aromatic rings. The number of carboxylic acid groups (broad SMARTS) is 1. The number of aromatic nitrogens is 2. The van der Waals surface area contributed by atoms with E-state index in [2.05, 4.69) is 23.4 Å². The third-order valence-electron chi connectivity index (χ3n) is 9.12. The Morgan fingerprint density at radius 2 is 1.68 bits per heavy atom. The van der Waals surface area contributed by atoms with Crippen LogP contribution in [0.4, 0.5) is 19.0 Å². The maximum atomic E-state index is 13.5. The summed E-state index contributed by atoms with van der Waals surface area (Å²) in [5.74, 6) is -0.975. The van der Waals surface area contributed by atoms with Gasteiger partial charge in [0.25, 0.3) is 0 Å². The molecule has 2 fully saturated rings. The van der Waals surface area contributed by atoms with Crippen LogP contribution < -0.4 is 10.2 Å². The van der Waals surface area contributed by atoms with E-state index >= 15 is 0 Å². The lowest BCUT2D eigenvalue weighted by atomic mass is 10.1. The molecule has 1 saturated carbocycles. The predicted molar refractivity (Wildman–Crippen MR) is 187 cm³/mol. The van der Waals surface area contributed by atoms with Gasteiger partial charge in [-0.25, -0.2) is 17.9 Å². The zero-order valence-corrected chi connectivity index (χ0v) is 30.0. The number of aryl methyl sites for hydroxylation is 1. The summed E-state index contributed by atoms with van der Waals surface area (Å²) < 4.78 is 68.5. The number of unbranched alkanes of at least 4 members (excludes halogenated alkanes) is 7. The number of carboxylic acids is 1. The van der Waals surface area contributed by atoms with Gasteiger partial charge in [-0.1, -0.05) is 75.6 Å². The summed E-state index contributed by atoms with van der Waals surface area (Å²) >= 11 is 5.94. The van der Waals surface area contributed by atoms with Crippen molar-refractivity contribution < 1.29 is 31.5 Å². The Hall–Kier alpha value is -3.60. The quantitative estimate of drug-likeness (QED) is 0.150. The van der Waals surface area contributed by atoms with Gasteiger partial charge in [-0.15, -0.1) is 0 Å². The summed E-state index contributed by atoms with van der Waals surface area (Å²) in [6, 6.07) is 13.2. The maximum absolute atomic E-state index is 13.5. The average molecular weight is 736 g/mol. The first kappa shape index (κ1) is 39.2. The fourth-order valence-electron chi connectivity index (χ4n) is 6.14. The Bertz CT molecular complexity index is 1740. The van der Waals surface area contributed by atoms with E-state index in [9.17, 15) is 31.5 Å². The van der Waals surface area contributed by atoms with Crippen LogP contribution in [0.1, 0.15) is 88.8 Å². The van der Waals surface area contributed by atoms with Gasteiger partial charge in [0.1, 0.15) is 17.4 Å². The number of alkyl halides is 3. The van der Waals surface area contributed by atoms with Crippen LogP contribution in [0.3, 0.4) is 0 Å². The van der Waals surface area contributed by atoms with Crippen molar-refractivity contribution in [2.24, 2.45) is 0 Å². The Balaban J connectivity index is 0.000000295. The monoisotopic (exact) mass is 735 g/mol. The Morgan fingerprint density at radius 1 is 1.06 bits per heavy atom. The lowest BCUT2D eigenvalue weighted by molar-refractivity contribution is -0.140. The molecule has 1 saturated heterocycles. The molecule has 2 aliphatic rings. The molecule has 5 rings (SSSR count). The molecule has 0 bridgehead atoms. The first-order chi connectivity index (χ1) is 23.7. The van der Waals surface area contributed by atoms with E-state index in [0.29, 0.717) is 28.3 Å². The first-order valence-corrected chi connectivity index (χ1v) is 19.0. The molecule has 0 spiro atoms. The lowest BCUT2D eigenvalue weighted by Crippen LogP contribution is -2.37. The van der Waals surface area contributed by atoms with Crippen LogP contribution in [0.25, 0.3) is 5.69 Å². The number of benzene rings is 2. The molecule has 2 aromatic carbocycles. The topological polar surface area (TPSA) is 128 Å². The second kappa shape index (κ2) is 17.1.